The number of hydrogen-bond donors (Lipinski definition) is 1. The lowest BCUT2D eigenvalue weighted by Gasteiger charge is -2.35. The molecule has 0 unspecified atom stereocenters. The molecular weight excluding hydrogens is 426 g/mol. The molecule has 9 nitrogen and oxygen atoms in total. The second kappa shape index (κ2) is 9.09. The fourth-order valence-corrected chi connectivity index (χ4v) is 5.52. The van der Waals surface area contributed by atoms with E-state index < -0.39 is 5.69 Å². The van der Waals surface area contributed by atoms with Crippen LogP contribution in [0.25, 0.3) is 11.2 Å². The molecule has 1 N–H and O–H groups in total. The summed E-state index contributed by atoms with van der Waals surface area (Å²) in [5, 5.41) is 0.775. The minimum absolute atomic E-state index is 0.384. The van der Waals surface area contributed by atoms with Gasteiger partial charge < -0.3 is 9.47 Å². The third-order valence-electron chi connectivity index (χ3n) is 5.86. The summed E-state index contributed by atoms with van der Waals surface area (Å²) in [6.45, 7) is 10.9. The summed E-state index contributed by atoms with van der Waals surface area (Å²) in [6.07, 6.45) is 2.00. The van der Waals surface area contributed by atoms with Crippen LogP contribution >= 0.6 is 11.8 Å². The maximum absolute atomic E-state index is 12.8. The average molecular weight is 458 g/mol. The molecule has 0 aromatic carbocycles. The van der Waals surface area contributed by atoms with Crippen molar-refractivity contribution in [2.45, 2.75) is 52.2 Å². The summed E-state index contributed by atoms with van der Waals surface area (Å²) in [7, 11) is 1.65. The molecule has 1 fully saturated rings. The van der Waals surface area contributed by atoms with Gasteiger partial charge in [-0.25, -0.2) is 14.8 Å². The van der Waals surface area contributed by atoms with Crippen molar-refractivity contribution < 1.29 is 0 Å². The van der Waals surface area contributed by atoms with Gasteiger partial charge in [-0.05, 0) is 44.6 Å². The predicted octanol–water partition coefficient (Wildman–Crippen LogP) is 2.49. The number of nitrogens with one attached hydrogen (secondary N) is 1. The highest BCUT2D eigenvalue weighted by molar-refractivity contribution is 7.99. The zero-order valence-corrected chi connectivity index (χ0v) is 20.2. The molecule has 0 bridgehead atoms. The van der Waals surface area contributed by atoms with Gasteiger partial charge in [-0.1, -0.05) is 25.6 Å². The number of fused-ring (bicyclic) bond motifs is 1. The van der Waals surface area contributed by atoms with Crippen LogP contribution < -0.4 is 16.1 Å². The van der Waals surface area contributed by atoms with Crippen molar-refractivity contribution in [1.29, 1.82) is 0 Å². The smallest absolute Gasteiger partial charge is 0.329 e. The topological polar surface area (TPSA) is 102 Å². The number of H-pyrrole nitrogens is 1. The summed E-state index contributed by atoms with van der Waals surface area (Å²) < 4.78 is 3.41. The summed E-state index contributed by atoms with van der Waals surface area (Å²) in [6, 6.07) is 1.96. The van der Waals surface area contributed by atoms with Gasteiger partial charge in [0.2, 0.25) is 5.95 Å². The van der Waals surface area contributed by atoms with Crippen LogP contribution in [0.4, 0.5) is 5.95 Å². The number of imidazole rings is 1. The van der Waals surface area contributed by atoms with Crippen LogP contribution in [0.1, 0.15) is 38.1 Å². The molecule has 0 spiro atoms. The Kier molecular flexibility index (Phi) is 6.41. The minimum Gasteiger partial charge on any atom is -0.342 e. The average Bonchev–Trinajstić information content (AvgIpc) is 3.08. The molecule has 10 heteroatoms. The Hall–Kier alpha value is -2.62. The Labute approximate surface area is 191 Å². The molecule has 1 saturated heterocycles. The van der Waals surface area contributed by atoms with Gasteiger partial charge >= 0.3 is 5.69 Å². The van der Waals surface area contributed by atoms with Gasteiger partial charge in [-0.2, -0.15) is 4.98 Å². The first kappa shape index (κ1) is 22.6. The van der Waals surface area contributed by atoms with Crippen LogP contribution in [0.15, 0.2) is 20.8 Å². The molecular formula is C22H31N7O2S. The van der Waals surface area contributed by atoms with E-state index in [0.29, 0.717) is 29.5 Å². The van der Waals surface area contributed by atoms with Crippen LogP contribution in [0, 0.1) is 25.7 Å². The molecule has 4 heterocycles. The molecule has 32 heavy (non-hydrogen) atoms. The molecule has 172 valence electrons. The van der Waals surface area contributed by atoms with E-state index in [1.54, 1.807) is 18.8 Å². The Morgan fingerprint density at radius 1 is 1.09 bits per heavy atom. The van der Waals surface area contributed by atoms with Crippen LogP contribution in [0.5, 0.6) is 0 Å². The molecule has 2 atom stereocenters. The molecule has 1 aliphatic rings. The summed E-state index contributed by atoms with van der Waals surface area (Å²) in [5.41, 5.74) is 1.99. The van der Waals surface area contributed by atoms with Gasteiger partial charge in [0, 0.05) is 43.8 Å². The van der Waals surface area contributed by atoms with Crippen molar-refractivity contribution in [1.82, 2.24) is 29.1 Å². The number of nitrogens with zero attached hydrogens (tertiary/aromatic N) is 6. The van der Waals surface area contributed by atoms with E-state index in [4.69, 9.17) is 4.98 Å². The molecule has 0 saturated carbocycles. The van der Waals surface area contributed by atoms with E-state index in [9.17, 15) is 9.59 Å². The number of aromatic amines is 1. The second-order valence-electron chi connectivity index (χ2n) is 9.04. The zero-order chi connectivity index (χ0) is 23.0. The molecule has 1 aliphatic heterocycles. The number of piperidine rings is 1. The summed E-state index contributed by atoms with van der Waals surface area (Å²) in [4.78, 5) is 43.4. The van der Waals surface area contributed by atoms with Crippen molar-refractivity contribution >= 4 is 28.9 Å². The third kappa shape index (κ3) is 4.60. The zero-order valence-electron chi connectivity index (χ0n) is 19.4. The first-order valence-corrected chi connectivity index (χ1v) is 12.1. The number of rotatable bonds is 6. The Bertz CT molecular complexity index is 1220. The summed E-state index contributed by atoms with van der Waals surface area (Å²) >= 11 is 1.62. The number of anilines is 1. The lowest BCUT2D eigenvalue weighted by Crippen LogP contribution is -2.40. The van der Waals surface area contributed by atoms with Crippen LogP contribution in [0.2, 0.25) is 0 Å². The number of aromatic nitrogens is 6. The molecule has 0 amide bonds. The predicted molar refractivity (Wildman–Crippen MR) is 128 cm³/mol. The van der Waals surface area contributed by atoms with E-state index in [1.165, 1.54) is 11.0 Å². The van der Waals surface area contributed by atoms with Crippen molar-refractivity contribution in [2.75, 3.05) is 23.7 Å². The monoisotopic (exact) mass is 457 g/mol. The largest absolute Gasteiger partial charge is 0.342 e. The minimum atomic E-state index is -0.443. The van der Waals surface area contributed by atoms with Crippen molar-refractivity contribution in [3.05, 3.63) is 38.3 Å². The van der Waals surface area contributed by atoms with E-state index in [1.807, 2.05) is 24.5 Å². The van der Waals surface area contributed by atoms with Crippen LogP contribution in [-0.2, 0) is 13.6 Å². The van der Waals surface area contributed by atoms with Gasteiger partial charge in [-0.3, -0.25) is 14.3 Å². The standard InChI is InChI=1S/C22H31N7O2S/c1-13-9-14(2)12-28(11-13)21-25-18-17(19(30)26-22(31)27(18)5)29(21)7-6-8-32-20-23-15(3)10-16(4)24-20/h10,13-14H,6-9,11-12H2,1-5H3,(H,26,30,31)/t13-,14-/m0/s1. The second-order valence-corrected chi connectivity index (χ2v) is 10.1. The van der Waals surface area contributed by atoms with Gasteiger partial charge in [0.15, 0.2) is 16.3 Å². The molecule has 3 aromatic heterocycles. The Balaban J connectivity index is 1.63. The van der Waals surface area contributed by atoms with E-state index in [0.717, 1.165) is 47.8 Å². The highest BCUT2D eigenvalue weighted by atomic mass is 32.2. The van der Waals surface area contributed by atoms with Crippen molar-refractivity contribution in [3.8, 4) is 0 Å². The maximum atomic E-state index is 12.8. The number of thioether (sulfide) groups is 1. The van der Waals surface area contributed by atoms with Gasteiger partial charge in [0.1, 0.15) is 0 Å². The quantitative estimate of drug-likeness (QED) is 0.345. The van der Waals surface area contributed by atoms with E-state index in [-0.39, 0.29) is 5.56 Å². The highest BCUT2D eigenvalue weighted by Crippen LogP contribution is 2.28. The van der Waals surface area contributed by atoms with Gasteiger partial charge in [-0.15, -0.1) is 0 Å². The normalized spacial score (nSPS) is 19.1. The van der Waals surface area contributed by atoms with E-state index >= 15 is 0 Å². The molecule has 3 aromatic rings. The third-order valence-corrected chi connectivity index (χ3v) is 6.79. The van der Waals surface area contributed by atoms with Crippen LogP contribution in [-0.4, -0.2) is 47.9 Å². The number of aryl methyl sites for hydroxylation is 4. The molecule has 0 aliphatic carbocycles. The number of hydrogen-bond acceptors (Lipinski definition) is 7. The van der Waals surface area contributed by atoms with Gasteiger partial charge in [0.05, 0.1) is 0 Å². The first-order valence-electron chi connectivity index (χ1n) is 11.1. The lowest BCUT2D eigenvalue weighted by atomic mass is 9.92. The maximum Gasteiger partial charge on any atom is 0.329 e. The highest BCUT2D eigenvalue weighted by Gasteiger charge is 2.27. The first-order chi connectivity index (χ1) is 15.2. The van der Waals surface area contributed by atoms with Crippen molar-refractivity contribution in [2.24, 2.45) is 18.9 Å². The lowest BCUT2D eigenvalue weighted by molar-refractivity contribution is 0.351. The van der Waals surface area contributed by atoms with Gasteiger partial charge in [0.25, 0.3) is 5.56 Å². The molecule has 4 rings (SSSR count). The van der Waals surface area contributed by atoms with Crippen molar-refractivity contribution in [3.63, 3.8) is 0 Å². The fourth-order valence-electron chi connectivity index (χ4n) is 4.65. The van der Waals surface area contributed by atoms with E-state index in [2.05, 4.69) is 33.7 Å². The summed E-state index contributed by atoms with van der Waals surface area (Å²) in [5.74, 6) is 2.69. The fraction of sp³-hybridized carbons (Fsp3) is 0.591. The Morgan fingerprint density at radius 2 is 1.75 bits per heavy atom. The van der Waals surface area contributed by atoms with Crippen LogP contribution in [0.3, 0.4) is 0 Å². The molecule has 0 radical (unpaired) electrons. The SMILES string of the molecule is Cc1cc(C)nc(SCCCn2c(N3C[C@@H](C)C[C@H](C)C3)nc3c2c(=O)[nH]c(=O)n3C)n1. The Morgan fingerprint density at radius 3 is 2.41 bits per heavy atom.